The van der Waals surface area contributed by atoms with Crippen LogP contribution in [0.3, 0.4) is 0 Å². The number of rotatable bonds is 4. The van der Waals surface area contributed by atoms with E-state index < -0.39 is 6.67 Å². The van der Waals surface area contributed by atoms with Gasteiger partial charge in [0.25, 0.3) is 0 Å². The maximum atomic E-state index is 12.4. The zero-order valence-electron chi connectivity index (χ0n) is 13.6. The van der Waals surface area contributed by atoms with Crippen LogP contribution in [0.25, 0.3) is 0 Å². The van der Waals surface area contributed by atoms with Crippen molar-refractivity contribution in [3.05, 3.63) is 64.9 Å². The average Bonchev–Trinajstić information content (AvgIpc) is 2.91. The highest BCUT2D eigenvalue weighted by molar-refractivity contribution is 5.21. The molecule has 1 aromatic carbocycles. The lowest BCUT2D eigenvalue weighted by atomic mass is 9.97. The Kier molecular flexibility index (Phi) is 6.32. The molecule has 0 saturated heterocycles. The van der Waals surface area contributed by atoms with Gasteiger partial charge in [-0.25, -0.2) is 9.48 Å². The van der Waals surface area contributed by atoms with E-state index >= 15 is 0 Å². The molecule has 0 amide bonds. The SMILES string of the molecule is C=CC.O=c1n(CCCF)nc2n1C(c1ccccc1)CCC2. The molecular formula is C18H24FN3O. The number of aromatic nitrogens is 3. The zero-order chi connectivity index (χ0) is 16.7. The zero-order valence-corrected chi connectivity index (χ0v) is 13.6. The lowest BCUT2D eigenvalue weighted by Crippen LogP contribution is -2.31. The molecular weight excluding hydrogens is 293 g/mol. The third-order valence-corrected chi connectivity index (χ3v) is 3.82. The van der Waals surface area contributed by atoms with Crippen LogP contribution in [0.4, 0.5) is 4.39 Å². The molecule has 124 valence electrons. The van der Waals surface area contributed by atoms with Crippen molar-refractivity contribution in [2.45, 2.75) is 45.2 Å². The summed E-state index contributed by atoms with van der Waals surface area (Å²) in [5, 5.41) is 4.36. The number of halogens is 1. The Hall–Kier alpha value is -2.17. The van der Waals surface area contributed by atoms with Crippen LogP contribution < -0.4 is 5.69 Å². The maximum absolute atomic E-state index is 12.4. The number of hydrogen-bond donors (Lipinski definition) is 0. The Balaban J connectivity index is 0.000000595. The second-order valence-electron chi connectivity index (χ2n) is 5.56. The smallest absolute Gasteiger partial charge is 0.271 e. The standard InChI is InChI=1S/C15H18FN3O.C3H6/c16-10-5-11-18-15(20)19-13(8-4-9-14(19)17-18)12-6-2-1-3-7-12;1-3-2/h1-3,6-7,13H,4-5,8-11H2;3H,1H2,2H3. The Morgan fingerprint density at radius 2 is 2.09 bits per heavy atom. The van der Waals surface area contributed by atoms with Gasteiger partial charge >= 0.3 is 5.69 Å². The van der Waals surface area contributed by atoms with Crippen molar-refractivity contribution in [1.29, 1.82) is 0 Å². The van der Waals surface area contributed by atoms with E-state index in [1.807, 2.05) is 37.3 Å². The first-order valence-corrected chi connectivity index (χ1v) is 8.09. The van der Waals surface area contributed by atoms with E-state index in [9.17, 15) is 9.18 Å². The molecule has 1 aliphatic rings. The second-order valence-corrected chi connectivity index (χ2v) is 5.56. The number of alkyl halides is 1. The molecule has 0 radical (unpaired) electrons. The van der Waals surface area contributed by atoms with Gasteiger partial charge in [0.05, 0.1) is 12.7 Å². The monoisotopic (exact) mass is 317 g/mol. The van der Waals surface area contributed by atoms with Gasteiger partial charge in [-0.1, -0.05) is 36.4 Å². The molecule has 0 N–H and O–H groups in total. The van der Waals surface area contributed by atoms with Crippen molar-refractivity contribution in [1.82, 2.24) is 14.3 Å². The number of fused-ring (bicyclic) bond motifs is 1. The average molecular weight is 317 g/mol. The van der Waals surface area contributed by atoms with E-state index in [1.165, 1.54) is 4.68 Å². The first-order valence-electron chi connectivity index (χ1n) is 8.09. The molecule has 4 nitrogen and oxygen atoms in total. The summed E-state index contributed by atoms with van der Waals surface area (Å²) in [6.07, 6.45) is 4.89. The Morgan fingerprint density at radius 3 is 2.74 bits per heavy atom. The van der Waals surface area contributed by atoms with Crippen molar-refractivity contribution in [2.24, 2.45) is 0 Å². The van der Waals surface area contributed by atoms with Crippen LogP contribution >= 0.6 is 0 Å². The molecule has 1 aromatic heterocycles. The van der Waals surface area contributed by atoms with Crippen LogP contribution in [-0.2, 0) is 13.0 Å². The Morgan fingerprint density at radius 1 is 1.39 bits per heavy atom. The summed E-state index contributed by atoms with van der Waals surface area (Å²) in [7, 11) is 0. The van der Waals surface area contributed by atoms with Gasteiger partial charge in [-0.15, -0.1) is 6.58 Å². The van der Waals surface area contributed by atoms with Gasteiger partial charge in [0.1, 0.15) is 5.82 Å². The van der Waals surface area contributed by atoms with E-state index in [0.717, 1.165) is 30.7 Å². The van der Waals surface area contributed by atoms with E-state index in [-0.39, 0.29) is 11.7 Å². The van der Waals surface area contributed by atoms with Gasteiger partial charge in [0.15, 0.2) is 0 Å². The predicted octanol–water partition coefficient (Wildman–Crippen LogP) is 3.52. The van der Waals surface area contributed by atoms with Crippen molar-refractivity contribution in [2.75, 3.05) is 6.67 Å². The minimum absolute atomic E-state index is 0.0616. The molecule has 1 unspecified atom stereocenters. The highest BCUT2D eigenvalue weighted by Gasteiger charge is 2.26. The highest BCUT2D eigenvalue weighted by Crippen LogP contribution is 2.28. The van der Waals surface area contributed by atoms with Gasteiger partial charge in [0, 0.05) is 13.0 Å². The van der Waals surface area contributed by atoms with Crippen molar-refractivity contribution >= 4 is 0 Å². The van der Waals surface area contributed by atoms with E-state index in [0.29, 0.717) is 13.0 Å². The molecule has 0 saturated carbocycles. The van der Waals surface area contributed by atoms with Crippen LogP contribution in [0.5, 0.6) is 0 Å². The van der Waals surface area contributed by atoms with Crippen LogP contribution in [0.2, 0.25) is 0 Å². The van der Waals surface area contributed by atoms with Gasteiger partial charge in [-0.2, -0.15) is 5.10 Å². The summed E-state index contributed by atoms with van der Waals surface area (Å²) < 4.78 is 15.5. The maximum Gasteiger partial charge on any atom is 0.346 e. The minimum Gasteiger partial charge on any atom is -0.271 e. The number of nitrogens with zero attached hydrogens (tertiary/aromatic N) is 3. The predicted molar refractivity (Wildman–Crippen MR) is 90.5 cm³/mol. The summed E-state index contributed by atoms with van der Waals surface area (Å²) in [5.74, 6) is 0.828. The lowest BCUT2D eigenvalue weighted by Gasteiger charge is -2.23. The number of hydrogen-bond acceptors (Lipinski definition) is 2. The van der Waals surface area contributed by atoms with Crippen LogP contribution in [0.15, 0.2) is 47.8 Å². The third kappa shape index (κ3) is 3.97. The molecule has 23 heavy (non-hydrogen) atoms. The fraction of sp³-hybridized carbons (Fsp3) is 0.444. The fourth-order valence-electron chi connectivity index (χ4n) is 2.88. The van der Waals surface area contributed by atoms with Gasteiger partial charge < -0.3 is 0 Å². The summed E-state index contributed by atoms with van der Waals surface area (Å²) >= 11 is 0. The molecule has 5 heteroatoms. The van der Waals surface area contributed by atoms with Crippen molar-refractivity contribution < 1.29 is 4.39 Å². The molecule has 1 atom stereocenters. The van der Waals surface area contributed by atoms with Gasteiger partial charge in [0.2, 0.25) is 0 Å². The molecule has 1 aliphatic heterocycles. The molecule has 0 aliphatic carbocycles. The molecule has 0 bridgehead atoms. The summed E-state index contributed by atoms with van der Waals surface area (Å²) in [6, 6.07) is 10.1. The van der Waals surface area contributed by atoms with Crippen LogP contribution in [-0.4, -0.2) is 21.0 Å². The minimum atomic E-state index is -0.420. The number of allylic oxidation sites excluding steroid dienone is 1. The topological polar surface area (TPSA) is 39.8 Å². The van der Waals surface area contributed by atoms with Gasteiger partial charge in [-0.3, -0.25) is 8.96 Å². The van der Waals surface area contributed by atoms with E-state index in [1.54, 1.807) is 10.6 Å². The van der Waals surface area contributed by atoms with E-state index in [4.69, 9.17) is 0 Å². The summed E-state index contributed by atoms with van der Waals surface area (Å²) in [4.78, 5) is 12.4. The molecule has 0 spiro atoms. The quantitative estimate of drug-likeness (QED) is 0.809. The third-order valence-electron chi connectivity index (χ3n) is 3.82. The summed E-state index contributed by atoms with van der Waals surface area (Å²) in [5.41, 5.74) is 1.03. The fourth-order valence-corrected chi connectivity index (χ4v) is 2.88. The summed E-state index contributed by atoms with van der Waals surface area (Å²) in [6.45, 7) is 5.19. The lowest BCUT2D eigenvalue weighted by molar-refractivity contribution is 0.423. The normalized spacial score (nSPS) is 16.2. The molecule has 0 fully saturated rings. The van der Waals surface area contributed by atoms with Crippen molar-refractivity contribution in [3.8, 4) is 0 Å². The van der Waals surface area contributed by atoms with Crippen LogP contribution in [0, 0.1) is 0 Å². The molecule has 2 aromatic rings. The molecule has 3 rings (SSSR count). The second kappa shape index (κ2) is 8.46. The first-order chi connectivity index (χ1) is 11.2. The Bertz CT molecular complexity index is 675. The number of benzene rings is 1. The van der Waals surface area contributed by atoms with Gasteiger partial charge in [-0.05, 0) is 31.7 Å². The molecule has 2 heterocycles. The number of aryl methyl sites for hydroxylation is 2. The highest BCUT2D eigenvalue weighted by atomic mass is 19.1. The van der Waals surface area contributed by atoms with Crippen molar-refractivity contribution in [3.63, 3.8) is 0 Å². The first kappa shape index (κ1) is 17.2. The largest absolute Gasteiger partial charge is 0.346 e. The van der Waals surface area contributed by atoms with Crippen LogP contribution in [0.1, 0.15) is 43.6 Å². The Labute approximate surface area is 136 Å². The van der Waals surface area contributed by atoms with E-state index in [2.05, 4.69) is 11.7 Å².